The van der Waals surface area contributed by atoms with Gasteiger partial charge in [0.05, 0.1) is 0 Å². The van der Waals surface area contributed by atoms with Gasteiger partial charge >= 0.3 is 0 Å². The third kappa shape index (κ3) is 4.35. The SMILES string of the molecule is C=C(C)CN1CCCNC(C(C)CC)C1. The van der Waals surface area contributed by atoms with Gasteiger partial charge in [0.2, 0.25) is 0 Å². The summed E-state index contributed by atoms with van der Waals surface area (Å²) in [6, 6.07) is 0.664. The van der Waals surface area contributed by atoms with Gasteiger partial charge in [-0.1, -0.05) is 32.4 Å². The summed E-state index contributed by atoms with van der Waals surface area (Å²) in [5.74, 6) is 0.774. The average Bonchev–Trinajstić information content (AvgIpc) is 2.41. The van der Waals surface area contributed by atoms with E-state index in [1.807, 2.05) is 0 Å². The Balaban J connectivity index is 2.49. The van der Waals surface area contributed by atoms with Crippen LogP contribution in [-0.2, 0) is 0 Å². The summed E-state index contributed by atoms with van der Waals surface area (Å²) in [7, 11) is 0. The van der Waals surface area contributed by atoms with E-state index in [2.05, 4.69) is 37.6 Å². The van der Waals surface area contributed by atoms with Gasteiger partial charge in [-0.3, -0.25) is 4.90 Å². The minimum absolute atomic E-state index is 0.664. The van der Waals surface area contributed by atoms with Crippen LogP contribution in [0.2, 0.25) is 0 Å². The molecule has 1 aliphatic rings. The summed E-state index contributed by atoms with van der Waals surface area (Å²) >= 11 is 0. The van der Waals surface area contributed by atoms with Crippen LogP contribution in [0.5, 0.6) is 0 Å². The molecule has 0 aliphatic carbocycles. The van der Waals surface area contributed by atoms with E-state index in [0.29, 0.717) is 6.04 Å². The highest BCUT2D eigenvalue weighted by atomic mass is 15.2. The molecule has 1 aliphatic heterocycles. The van der Waals surface area contributed by atoms with Crippen molar-refractivity contribution in [1.29, 1.82) is 0 Å². The number of hydrogen-bond donors (Lipinski definition) is 1. The second-order valence-electron chi connectivity index (χ2n) is 4.99. The predicted molar refractivity (Wildman–Crippen MR) is 67.1 cm³/mol. The van der Waals surface area contributed by atoms with E-state index in [-0.39, 0.29) is 0 Å². The summed E-state index contributed by atoms with van der Waals surface area (Å²) in [4.78, 5) is 2.54. The normalized spacial score (nSPS) is 25.9. The molecule has 1 saturated heterocycles. The van der Waals surface area contributed by atoms with Crippen LogP contribution in [0.25, 0.3) is 0 Å². The molecule has 0 aromatic rings. The van der Waals surface area contributed by atoms with Gasteiger partial charge in [-0.25, -0.2) is 0 Å². The fourth-order valence-electron chi connectivity index (χ4n) is 2.22. The first-order valence-corrected chi connectivity index (χ1v) is 6.23. The minimum Gasteiger partial charge on any atom is -0.312 e. The van der Waals surface area contributed by atoms with Gasteiger partial charge in [-0.05, 0) is 32.4 Å². The first kappa shape index (κ1) is 12.7. The summed E-state index contributed by atoms with van der Waals surface area (Å²) in [6.07, 6.45) is 2.53. The molecule has 1 N–H and O–H groups in total. The monoisotopic (exact) mass is 210 g/mol. The van der Waals surface area contributed by atoms with Crippen LogP contribution < -0.4 is 5.32 Å². The fraction of sp³-hybridized carbons (Fsp3) is 0.846. The van der Waals surface area contributed by atoms with Crippen molar-refractivity contribution in [1.82, 2.24) is 10.2 Å². The molecule has 0 bridgehead atoms. The van der Waals surface area contributed by atoms with Crippen molar-refractivity contribution in [3.05, 3.63) is 12.2 Å². The highest BCUT2D eigenvalue weighted by Gasteiger charge is 2.21. The first-order chi connectivity index (χ1) is 7.13. The third-order valence-corrected chi connectivity index (χ3v) is 3.34. The molecular formula is C13H26N2. The lowest BCUT2D eigenvalue weighted by Crippen LogP contribution is -2.42. The molecule has 1 fully saturated rings. The molecule has 0 aromatic heterocycles. The Morgan fingerprint density at radius 3 is 2.93 bits per heavy atom. The average molecular weight is 210 g/mol. The number of hydrogen-bond acceptors (Lipinski definition) is 2. The van der Waals surface area contributed by atoms with Gasteiger partial charge in [-0.15, -0.1) is 0 Å². The van der Waals surface area contributed by atoms with E-state index in [1.165, 1.54) is 38.0 Å². The molecule has 0 amide bonds. The van der Waals surface area contributed by atoms with E-state index in [4.69, 9.17) is 0 Å². The highest BCUT2D eigenvalue weighted by molar-refractivity contribution is 4.93. The van der Waals surface area contributed by atoms with Gasteiger partial charge in [0, 0.05) is 19.1 Å². The lowest BCUT2D eigenvalue weighted by molar-refractivity contribution is 0.253. The molecule has 2 nitrogen and oxygen atoms in total. The third-order valence-electron chi connectivity index (χ3n) is 3.34. The topological polar surface area (TPSA) is 15.3 Å². The van der Waals surface area contributed by atoms with Crippen LogP contribution in [0.15, 0.2) is 12.2 Å². The Labute approximate surface area is 94.7 Å². The molecule has 2 atom stereocenters. The Hall–Kier alpha value is -0.340. The second kappa shape index (κ2) is 6.29. The van der Waals surface area contributed by atoms with Gasteiger partial charge in [0.1, 0.15) is 0 Å². The molecule has 15 heavy (non-hydrogen) atoms. The first-order valence-electron chi connectivity index (χ1n) is 6.23. The van der Waals surface area contributed by atoms with Gasteiger partial charge in [-0.2, -0.15) is 0 Å². The van der Waals surface area contributed by atoms with E-state index in [9.17, 15) is 0 Å². The summed E-state index contributed by atoms with van der Waals surface area (Å²) in [5, 5.41) is 3.66. The zero-order chi connectivity index (χ0) is 11.3. The molecule has 0 radical (unpaired) electrons. The zero-order valence-corrected chi connectivity index (χ0v) is 10.6. The molecular weight excluding hydrogens is 184 g/mol. The van der Waals surface area contributed by atoms with Crippen molar-refractivity contribution in [2.45, 2.75) is 39.7 Å². The predicted octanol–water partition coefficient (Wildman–Crippen LogP) is 2.27. The van der Waals surface area contributed by atoms with E-state index in [1.54, 1.807) is 0 Å². The van der Waals surface area contributed by atoms with Crippen molar-refractivity contribution in [2.24, 2.45) is 5.92 Å². The number of nitrogens with one attached hydrogen (secondary N) is 1. The Kier molecular flexibility index (Phi) is 5.34. The quantitative estimate of drug-likeness (QED) is 0.716. The Morgan fingerprint density at radius 1 is 1.60 bits per heavy atom. The van der Waals surface area contributed by atoms with E-state index >= 15 is 0 Å². The van der Waals surface area contributed by atoms with Crippen molar-refractivity contribution in [3.8, 4) is 0 Å². The van der Waals surface area contributed by atoms with Crippen molar-refractivity contribution >= 4 is 0 Å². The van der Waals surface area contributed by atoms with Crippen LogP contribution in [0, 0.1) is 5.92 Å². The molecule has 0 saturated carbocycles. The minimum atomic E-state index is 0.664. The number of nitrogens with zero attached hydrogens (tertiary/aromatic N) is 1. The molecule has 2 unspecified atom stereocenters. The molecule has 1 rings (SSSR count). The molecule has 0 spiro atoms. The number of rotatable bonds is 4. The zero-order valence-electron chi connectivity index (χ0n) is 10.6. The molecule has 1 heterocycles. The van der Waals surface area contributed by atoms with E-state index in [0.717, 1.165) is 12.5 Å². The van der Waals surface area contributed by atoms with Crippen molar-refractivity contribution < 1.29 is 0 Å². The Morgan fingerprint density at radius 2 is 2.33 bits per heavy atom. The lowest BCUT2D eigenvalue weighted by Gasteiger charge is -2.28. The van der Waals surface area contributed by atoms with Gasteiger partial charge in [0.15, 0.2) is 0 Å². The lowest BCUT2D eigenvalue weighted by atomic mass is 9.99. The van der Waals surface area contributed by atoms with Crippen LogP contribution in [-0.4, -0.2) is 37.1 Å². The van der Waals surface area contributed by atoms with E-state index < -0.39 is 0 Å². The molecule has 88 valence electrons. The summed E-state index contributed by atoms with van der Waals surface area (Å²) < 4.78 is 0. The highest BCUT2D eigenvalue weighted by Crippen LogP contribution is 2.12. The molecule has 0 aromatic carbocycles. The van der Waals surface area contributed by atoms with Crippen LogP contribution >= 0.6 is 0 Å². The van der Waals surface area contributed by atoms with Gasteiger partial charge < -0.3 is 5.32 Å². The Bertz CT molecular complexity index is 201. The fourth-order valence-corrected chi connectivity index (χ4v) is 2.22. The van der Waals surface area contributed by atoms with Gasteiger partial charge in [0.25, 0.3) is 0 Å². The maximum atomic E-state index is 4.01. The standard InChI is InChI=1S/C13H26N2/c1-5-12(4)13-10-15(9-11(2)3)8-6-7-14-13/h12-14H,2,5-10H2,1,3-4H3. The van der Waals surface area contributed by atoms with Crippen LogP contribution in [0.4, 0.5) is 0 Å². The second-order valence-corrected chi connectivity index (χ2v) is 4.99. The smallest absolute Gasteiger partial charge is 0.0220 e. The molecule has 2 heteroatoms. The summed E-state index contributed by atoms with van der Waals surface area (Å²) in [5.41, 5.74) is 1.28. The van der Waals surface area contributed by atoms with Crippen molar-refractivity contribution in [3.63, 3.8) is 0 Å². The maximum Gasteiger partial charge on any atom is 0.0220 e. The van der Waals surface area contributed by atoms with Crippen LogP contribution in [0.1, 0.15) is 33.6 Å². The summed E-state index contributed by atoms with van der Waals surface area (Å²) in [6.45, 7) is 15.4. The maximum absolute atomic E-state index is 4.01. The van der Waals surface area contributed by atoms with Crippen LogP contribution in [0.3, 0.4) is 0 Å². The largest absolute Gasteiger partial charge is 0.312 e. The van der Waals surface area contributed by atoms with Crippen molar-refractivity contribution in [2.75, 3.05) is 26.2 Å².